The first kappa shape index (κ1) is 22.0. The van der Waals surface area contributed by atoms with Crippen LogP contribution in [0.15, 0.2) is 36.4 Å². The topological polar surface area (TPSA) is 78.4 Å². The second-order valence-corrected chi connectivity index (χ2v) is 5.76. The van der Waals surface area contributed by atoms with Crippen molar-refractivity contribution >= 4 is 17.9 Å². The zero-order chi connectivity index (χ0) is 21.6. The molecule has 0 aliphatic carbocycles. The standard InChI is InChI=1S/C19H15F5N2O3/c20-14-11(15(21)17(23)18(24)16(14)22)6-7-13(28)26-12(9-27)19(29)25-8-10-4-2-1-3-5-10/h1-7,12,27H,8-9H2,(H,25,29)(H,26,28)/t12-/m0/s1. The van der Waals surface area contributed by atoms with E-state index in [4.69, 9.17) is 0 Å². The van der Waals surface area contributed by atoms with Crippen LogP contribution in [-0.2, 0) is 16.1 Å². The normalized spacial score (nSPS) is 12.1. The molecule has 0 aliphatic heterocycles. The summed E-state index contributed by atoms with van der Waals surface area (Å²) in [6, 6.07) is 7.35. The zero-order valence-corrected chi connectivity index (χ0v) is 14.7. The third-order valence-electron chi connectivity index (χ3n) is 3.77. The molecule has 1 atom stereocenters. The van der Waals surface area contributed by atoms with E-state index in [1.165, 1.54) is 0 Å². The first-order valence-corrected chi connectivity index (χ1v) is 8.18. The number of hydrogen-bond donors (Lipinski definition) is 3. The fourth-order valence-electron chi connectivity index (χ4n) is 2.25. The highest BCUT2D eigenvalue weighted by atomic mass is 19.2. The van der Waals surface area contributed by atoms with Crippen LogP contribution < -0.4 is 10.6 Å². The minimum Gasteiger partial charge on any atom is -0.394 e. The second-order valence-electron chi connectivity index (χ2n) is 5.76. The van der Waals surface area contributed by atoms with E-state index < -0.39 is 59.1 Å². The lowest BCUT2D eigenvalue weighted by Crippen LogP contribution is -2.48. The molecule has 0 bridgehead atoms. The largest absolute Gasteiger partial charge is 0.394 e. The van der Waals surface area contributed by atoms with Gasteiger partial charge in [-0.1, -0.05) is 30.3 Å². The van der Waals surface area contributed by atoms with E-state index >= 15 is 0 Å². The number of amides is 2. The molecule has 0 unspecified atom stereocenters. The molecule has 0 heterocycles. The lowest BCUT2D eigenvalue weighted by atomic mass is 10.1. The molecule has 2 amide bonds. The van der Waals surface area contributed by atoms with Gasteiger partial charge in [0, 0.05) is 12.6 Å². The van der Waals surface area contributed by atoms with Gasteiger partial charge in [0.15, 0.2) is 23.3 Å². The Morgan fingerprint density at radius 2 is 1.48 bits per heavy atom. The van der Waals surface area contributed by atoms with Crippen molar-refractivity contribution in [1.82, 2.24) is 10.6 Å². The molecule has 0 spiro atoms. The molecule has 29 heavy (non-hydrogen) atoms. The van der Waals surface area contributed by atoms with Crippen molar-refractivity contribution in [3.63, 3.8) is 0 Å². The number of benzene rings is 2. The summed E-state index contributed by atoms with van der Waals surface area (Å²) < 4.78 is 66.4. The van der Waals surface area contributed by atoms with Gasteiger partial charge in [-0.3, -0.25) is 9.59 Å². The number of nitrogens with one attached hydrogen (secondary N) is 2. The van der Waals surface area contributed by atoms with Crippen molar-refractivity contribution in [3.05, 3.63) is 76.6 Å². The average Bonchev–Trinajstić information content (AvgIpc) is 2.73. The predicted molar refractivity (Wildman–Crippen MR) is 92.6 cm³/mol. The third kappa shape index (κ3) is 5.38. The van der Waals surface area contributed by atoms with Gasteiger partial charge in [0.1, 0.15) is 6.04 Å². The molecule has 0 aromatic heterocycles. The van der Waals surface area contributed by atoms with E-state index in [-0.39, 0.29) is 6.54 Å². The molecule has 10 heteroatoms. The highest BCUT2D eigenvalue weighted by Crippen LogP contribution is 2.23. The number of carbonyl (C=O) groups is 2. The summed E-state index contributed by atoms with van der Waals surface area (Å²) in [5, 5.41) is 13.8. The van der Waals surface area contributed by atoms with E-state index in [2.05, 4.69) is 10.6 Å². The number of aliphatic hydroxyl groups excluding tert-OH is 1. The summed E-state index contributed by atoms with van der Waals surface area (Å²) in [5.41, 5.74) is -0.555. The quantitative estimate of drug-likeness (QED) is 0.281. The summed E-state index contributed by atoms with van der Waals surface area (Å²) in [6.07, 6.45) is 0.854. The van der Waals surface area contributed by atoms with Crippen LogP contribution in [0.2, 0.25) is 0 Å². The third-order valence-corrected chi connectivity index (χ3v) is 3.77. The van der Waals surface area contributed by atoms with Gasteiger partial charge in [-0.25, -0.2) is 22.0 Å². The van der Waals surface area contributed by atoms with Gasteiger partial charge >= 0.3 is 0 Å². The molecule has 2 aromatic carbocycles. The first-order chi connectivity index (χ1) is 13.8. The van der Waals surface area contributed by atoms with Crippen LogP contribution in [0.5, 0.6) is 0 Å². The Kier molecular flexibility index (Phi) is 7.43. The van der Waals surface area contributed by atoms with Crippen LogP contribution in [0.25, 0.3) is 6.08 Å². The van der Waals surface area contributed by atoms with E-state index in [0.717, 1.165) is 5.56 Å². The van der Waals surface area contributed by atoms with Crippen LogP contribution in [-0.4, -0.2) is 29.6 Å². The summed E-state index contributed by atoms with van der Waals surface area (Å²) in [5.74, 6) is -12.7. The highest BCUT2D eigenvalue weighted by Gasteiger charge is 2.24. The van der Waals surface area contributed by atoms with Gasteiger partial charge in [-0.2, -0.15) is 0 Å². The molecule has 2 aromatic rings. The van der Waals surface area contributed by atoms with Crippen LogP contribution in [0.4, 0.5) is 22.0 Å². The van der Waals surface area contributed by atoms with Crippen molar-refractivity contribution in [3.8, 4) is 0 Å². The van der Waals surface area contributed by atoms with Gasteiger partial charge in [0.2, 0.25) is 17.6 Å². The smallest absolute Gasteiger partial charge is 0.245 e. The van der Waals surface area contributed by atoms with Crippen molar-refractivity contribution in [2.75, 3.05) is 6.61 Å². The van der Waals surface area contributed by atoms with E-state index in [9.17, 15) is 36.6 Å². The predicted octanol–water partition coefficient (Wildman–Crippen LogP) is 2.19. The molecule has 0 saturated heterocycles. The Labute approximate surface area is 161 Å². The van der Waals surface area contributed by atoms with E-state index in [0.29, 0.717) is 12.2 Å². The molecule has 0 radical (unpaired) electrons. The maximum atomic E-state index is 13.6. The van der Waals surface area contributed by atoms with Crippen LogP contribution in [0.1, 0.15) is 11.1 Å². The van der Waals surface area contributed by atoms with Crippen LogP contribution in [0, 0.1) is 29.1 Å². The SMILES string of the molecule is O=C(C=Cc1c(F)c(F)c(F)c(F)c1F)N[C@@H](CO)C(=O)NCc1ccccc1. The fourth-order valence-corrected chi connectivity index (χ4v) is 2.25. The van der Waals surface area contributed by atoms with E-state index in [1.807, 2.05) is 0 Å². The minimum atomic E-state index is -2.32. The summed E-state index contributed by atoms with van der Waals surface area (Å²) >= 11 is 0. The summed E-state index contributed by atoms with van der Waals surface area (Å²) in [4.78, 5) is 23.8. The number of halogens is 5. The first-order valence-electron chi connectivity index (χ1n) is 8.18. The van der Waals surface area contributed by atoms with Crippen LogP contribution in [0.3, 0.4) is 0 Å². The molecule has 2 rings (SSSR count). The Balaban J connectivity index is 2.04. The lowest BCUT2D eigenvalue weighted by Gasteiger charge is -2.15. The molecule has 154 valence electrons. The van der Waals surface area contributed by atoms with Crippen molar-refractivity contribution in [2.45, 2.75) is 12.6 Å². The Bertz CT molecular complexity index is 906. The van der Waals surface area contributed by atoms with Gasteiger partial charge in [0.25, 0.3) is 0 Å². The van der Waals surface area contributed by atoms with Gasteiger partial charge in [0.05, 0.1) is 12.2 Å². The lowest BCUT2D eigenvalue weighted by molar-refractivity contribution is -0.128. The van der Waals surface area contributed by atoms with Gasteiger partial charge in [-0.05, 0) is 11.6 Å². The Morgan fingerprint density at radius 1 is 0.931 bits per heavy atom. The molecule has 0 saturated carbocycles. The number of hydrogen-bond acceptors (Lipinski definition) is 3. The molecule has 0 aliphatic rings. The molecule has 5 nitrogen and oxygen atoms in total. The van der Waals surface area contributed by atoms with E-state index in [1.54, 1.807) is 30.3 Å². The van der Waals surface area contributed by atoms with Crippen molar-refractivity contribution < 1.29 is 36.6 Å². The molecular weight excluding hydrogens is 399 g/mol. The summed E-state index contributed by atoms with van der Waals surface area (Å²) in [6.45, 7) is -0.671. The fraction of sp³-hybridized carbons (Fsp3) is 0.158. The van der Waals surface area contributed by atoms with Crippen molar-refractivity contribution in [1.29, 1.82) is 0 Å². The Hall–Kier alpha value is -3.27. The minimum absolute atomic E-state index is 0.117. The Morgan fingerprint density at radius 3 is 2.03 bits per heavy atom. The van der Waals surface area contributed by atoms with Gasteiger partial charge < -0.3 is 15.7 Å². The maximum Gasteiger partial charge on any atom is 0.245 e. The molecule has 0 fully saturated rings. The maximum absolute atomic E-state index is 13.6. The molecular formula is C19H15F5N2O3. The summed E-state index contributed by atoms with van der Waals surface area (Å²) in [7, 11) is 0. The highest BCUT2D eigenvalue weighted by molar-refractivity contribution is 5.95. The van der Waals surface area contributed by atoms with Gasteiger partial charge in [-0.15, -0.1) is 0 Å². The van der Waals surface area contributed by atoms with Crippen LogP contribution >= 0.6 is 0 Å². The molecule has 3 N–H and O–H groups in total. The average molecular weight is 414 g/mol. The number of rotatable bonds is 7. The second kappa shape index (κ2) is 9.78. The van der Waals surface area contributed by atoms with Crippen molar-refractivity contribution in [2.24, 2.45) is 0 Å². The zero-order valence-electron chi connectivity index (χ0n) is 14.7. The monoisotopic (exact) mass is 414 g/mol. The number of carbonyl (C=O) groups excluding carboxylic acids is 2. The number of aliphatic hydroxyl groups is 1.